The highest BCUT2D eigenvalue weighted by atomic mass is 32.1. The average molecular weight is 208 g/mol. The Hall–Kier alpha value is -1.27. The summed E-state index contributed by atoms with van der Waals surface area (Å²) in [5, 5.41) is 0. The monoisotopic (exact) mass is 208 g/mol. The van der Waals surface area contributed by atoms with Gasteiger partial charge in [0.1, 0.15) is 22.5 Å². The summed E-state index contributed by atoms with van der Waals surface area (Å²) in [6.45, 7) is 0. The van der Waals surface area contributed by atoms with Crippen molar-refractivity contribution in [2.24, 2.45) is 0 Å². The van der Waals surface area contributed by atoms with Crippen molar-refractivity contribution in [3.63, 3.8) is 0 Å². The molecule has 0 fully saturated rings. The molecule has 13 heavy (non-hydrogen) atoms. The van der Waals surface area contributed by atoms with Gasteiger partial charge in [0.15, 0.2) is 0 Å². The lowest BCUT2D eigenvalue weighted by Gasteiger charge is -1.90. The van der Waals surface area contributed by atoms with E-state index in [0.717, 1.165) is 19.7 Å². The highest BCUT2D eigenvalue weighted by molar-refractivity contribution is 7.31. The first kappa shape index (κ1) is 7.16. The van der Waals surface area contributed by atoms with E-state index in [-0.39, 0.29) is 0 Å². The van der Waals surface area contributed by atoms with Crippen molar-refractivity contribution in [2.45, 2.75) is 0 Å². The standard InChI is InChI=1S/C7H4N4S2/c8-6-4-3(9-1-10-6)5-7(13-4)11-2-12-5/h1-2H,(H2,8,9,10). The third kappa shape index (κ3) is 0.866. The molecule has 0 saturated heterocycles. The van der Waals surface area contributed by atoms with Crippen LogP contribution in [0.25, 0.3) is 19.7 Å². The van der Waals surface area contributed by atoms with Gasteiger partial charge in [0.2, 0.25) is 0 Å². The highest BCUT2D eigenvalue weighted by Crippen LogP contribution is 2.35. The van der Waals surface area contributed by atoms with E-state index < -0.39 is 0 Å². The Morgan fingerprint density at radius 1 is 1.15 bits per heavy atom. The van der Waals surface area contributed by atoms with Gasteiger partial charge < -0.3 is 5.73 Å². The molecule has 0 unspecified atom stereocenters. The first-order chi connectivity index (χ1) is 6.36. The molecule has 3 heterocycles. The molecule has 0 radical (unpaired) electrons. The lowest BCUT2D eigenvalue weighted by Crippen LogP contribution is -1.89. The summed E-state index contributed by atoms with van der Waals surface area (Å²) >= 11 is 3.13. The molecule has 6 heteroatoms. The van der Waals surface area contributed by atoms with Gasteiger partial charge in [-0.05, 0) is 0 Å². The number of aromatic nitrogens is 3. The summed E-state index contributed by atoms with van der Waals surface area (Å²) in [7, 11) is 0. The quantitative estimate of drug-likeness (QED) is 0.612. The maximum absolute atomic E-state index is 5.72. The number of thiophene rings is 1. The molecular formula is C7H4N4S2. The predicted molar refractivity (Wildman–Crippen MR) is 55.0 cm³/mol. The van der Waals surface area contributed by atoms with Gasteiger partial charge in [-0.15, -0.1) is 22.7 Å². The van der Waals surface area contributed by atoms with Gasteiger partial charge >= 0.3 is 0 Å². The smallest absolute Gasteiger partial charge is 0.144 e. The Labute approximate surface area is 81.1 Å². The van der Waals surface area contributed by atoms with Gasteiger partial charge in [-0.3, -0.25) is 0 Å². The first-order valence-corrected chi connectivity index (χ1v) is 5.28. The fraction of sp³-hybridized carbons (Fsp3) is 0. The van der Waals surface area contributed by atoms with E-state index in [2.05, 4.69) is 15.0 Å². The van der Waals surface area contributed by atoms with Crippen LogP contribution in [-0.4, -0.2) is 15.0 Å². The summed E-state index contributed by atoms with van der Waals surface area (Å²) in [6.07, 6.45) is 1.49. The lowest BCUT2D eigenvalue weighted by atomic mass is 10.4. The second-order valence-corrected chi connectivity index (χ2v) is 4.38. The lowest BCUT2D eigenvalue weighted by molar-refractivity contribution is 1.24. The van der Waals surface area contributed by atoms with Crippen LogP contribution in [0.5, 0.6) is 0 Å². The van der Waals surface area contributed by atoms with Crippen LogP contribution in [0.1, 0.15) is 0 Å². The van der Waals surface area contributed by atoms with E-state index in [1.165, 1.54) is 6.33 Å². The van der Waals surface area contributed by atoms with Gasteiger partial charge in [-0.1, -0.05) is 0 Å². The third-order valence-electron chi connectivity index (χ3n) is 1.78. The zero-order chi connectivity index (χ0) is 8.84. The molecule has 0 aliphatic heterocycles. The van der Waals surface area contributed by atoms with E-state index in [4.69, 9.17) is 5.73 Å². The topological polar surface area (TPSA) is 64.7 Å². The SMILES string of the molecule is Nc1ncnc2c1sc1ncsc12. The van der Waals surface area contributed by atoms with Crippen LogP contribution in [0.2, 0.25) is 0 Å². The van der Waals surface area contributed by atoms with Crippen molar-refractivity contribution >= 4 is 48.2 Å². The minimum atomic E-state index is 0.542. The minimum absolute atomic E-state index is 0.542. The number of hydrogen-bond donors (Lipinski definition) is 1. The second kappa shape index (κ2) is 2.36. The zero-order valence-electron chi connectivity index (χ0n) is 6.39. The third-order valence-corrected chi connectivity index (χ3v) is 3.85. The molecule has 0 amide bonds. The molecule has 0 spiro atoms. The van der Waals surface area contributed by atoms with Crippen molar-refractivity contribution in [3.05, 3.63) is 11.8 Å². The van der Waals surface area contributed by atoms with Crippen molar-refractivity contribution in [1.29, 1.82) is 0 Å². The number of fused-ring (bicyclic) bond motifs is 3. The van der Waals surface area contributed by atoms with E-state index in [0.29, 0.717) is 5.82 Å². The van der Waals surface area contributed by atoms with Crippen molar-refractivity contribution in [3.8, 4) is 0 Å². The van der Waals surface area contributed by atoms with Crippen LogP contribution < -0.4 is 5.73 Å². The molecule has 0 aromatic carbocycles. The van der Waals surface area contributed by atoms with Crippen LogP contribution >= 0.6 is 22.7 Å². The Morgan fingerprint density at radius 2 is 2.08 bits per heavy atom. The number of nitrogens with two attached hydrogens (primary N) is 1. The molecule has 0 aliphatic carbocycles. The van der Waals surface area contributed by atoms with E-state index >= 15 is 0 Å². The molecule has 64 valence electrons. The maximum atomic E-state index is 5.72. The summed E-state index contributed by atoms with van der Waals surface area (Å²) in [5.41, 5.74) is 8.46. The summed E-state index contributed by atoms with van der Waals surface area (Å²) in [6, 6.07) is 0. The van der Waals surface area contributed by atoms with Crippen molar-refractivity contribution < 1.29 is 0 Å². The van der Waals surface area contributed by atoms with Gasteiger partial charge in [-0.25, -0.2) is 15.0 Å². The summed E-state index contributed by atoms with van der Waals surface area (Å²) in [4.78, 5) is 13.3. The number of nitrogens with zero attached hydrogens (tertiary/aromatic N) is 3. The largest absolute Gasteiger partial charge is 0.382 e. The molecule has 4 nitrogen and oxygen atoms in total. The van der Waals surface area contributed by atoms with E-state index in [1.807, 2.05) is 5.51 Å². The number of nitrogen functional groups attached to an aromatic ring is 1. The zero-order valence-corrected chi connectivity index (χ0v) is 8.02. The van der Waals surface area contributed by atoms with E-state index in [1.54, 1.807) is 22.7 Å². The molecular weight excluding hydrogens is 204 g/mol. The van der Waals surface area contributed by atoms with E-state index in [9.17, 15) is 0 Å². The Kier molecular flexibility index (Phi) is 1.30. The molecule has 2 N–H and O–H groups in total. The molecule has 0 aliphatic rings. The van der Waals surface area contributed by atoms with Crippen LogP contribution in [-0.2, 0) is 0 Å². The summed E-state index contributed by atoms with van der Waals surface area (Å²) < 4.78 is 2.05. The fourth-order valence-corrected chi connectivity index (χ4v) is 3.19. The molecule has 0 bridgehead atoms. The Morgan fingerprint density at radius 3 is 3.00 bits per heavy atom. The van der Waals surface area contributed by atoms with Crippen LogP contribution in [0.15, 0.2) is 11.8 Å². The molecule has 0 atom stereocenters. The molecule has 0 saturated carbocycles. The van der Waals surface area contributed by atoms with Gasteiger partial charge in [0.05, 0.1) is 14.9 Å². The Bertz CT molecular complexity index is 582. The highest BCUT2D eigenvalue weighted by Gasteiger charge is 2.10. The van der Waals surface area contributed by atoms with Crippen LogP contribution in [0, 0.1) is 0 Å². The Balaban J connectivity index is 2.66. The second-order valence-electron chi connectivity index (χ2n) is 2.53. The fourth-order valence-electron chi connectivity index (χ4n) is 1.21. The van der Waals surface area contributed by atoms with Gasteiger partial charge in [-0.2, -0.15) is 0 Å². The number of hydrogen-bond acceptors (Lipinski definition) is 6. The van der Waals surface area contributed by atoms with Crippen molar-refractivity contribution in [2.75, 3.05) is 5.73 Å². The molecule has 3 rings (SSSR count). The van der Waals surface area contributed by atoms with Crippen LogP contribution in [0.4, 0.5) is 5.82 Å². The number of anilines is 1. The van der Waals surface area contributed by atoms with Crippen molar-refractivity contribution in [1.82, 2.24) is 15.0 Å². The van der Waals surface area contributed by atoms with Crippen LogP contribution in [0.3, 0.4) is 0 Å². The molecule has 3 aromatic rings. The predicted octanol–water partition coefficient (Wildman–Crippen LogP) is 1.88. The average Bonchev–Trinajstić information content (AvgIpc) is 2.65. The molecule has 3 aromatic heterocycles. The normalized spacial score (nSPS) is 11.4. The first-order valence-electron chi connectivity index (χ1n) is 3.58. The van der Waals surface area contributed by atoms with Gasteiger partial charge in [0, 0.05) is 0 Å². The maximum Gasteiger partial charge on any atom is 0.144 e. The van der Waals surface area contributed by atoms with Gasteiger partial charge in [0.25, 0.3) is 0 Å². The summed E-state index contributed by atoms with van der Waals surface area (Å²) in [5.74, 6) is 0.542. The number of rotatable bonds is 0. The number of thiazole rings is 1. The minimum Gasteiger partial charge on any atom is -0.382 e.